The van der Waals surface area contributed by atoms with E-state index in [1.807, 2.05) is 6.08 Å². The molecule has 1 aliphatic carbocycles. The van der Waals surface area contributed by atoms with E-state index < -0.39 is 46.4 Å². The van der Waals surface area contributed by atoms with Crippen molar-refractivity contribution in [2.24, 2.45) is 0 Å². The summed E-state index contributed by atoms with van der Waals surface area (Å²) in [6.45, 7) is -0.156. The number of aromatic hydroxyl groups is 1. The molecule has 2 bridgehead atoms. The highest BCUT2D eigenvalue weighted by Gasteiger charge is 2.45. The van der Waals surface area contributed by atoms with E-state index in [-0.39, 0.29) is 30.4 Å². The molecule has 0 radical (unpaired) electrons. The monoisotopic (exact) mass is 429 g/mol. The molecule has 1 fully saturated rings. The van der Waals surface area contributed by atoms with Gasteiger partial charge in [-0.2, -0.15) is 0 Å². The standard InChI is InChI=1S/C21H17F2N3O5/c22-11-2-1-10(15(23)5-11)7-24-20(29)14-8-25-9-16-26(12-3-4-13(6-12)31-16)21(30)17(25)19(28)18(14)27/h1-2,4-5,8,12,16,28H,3,6-7,9H2,(H,24,29)/t12-,16+/m0/s1. The Morgan fingerprint density at radius 1 is 1.29 bits per heavy atom. The predicted molar refractivity (Wildman–Crippen MR) is 102 cm³/mol. The van der Waals surface area contributed by atoms with Crippen LogP contribution in [-0.2, 0) is 17.8 Å². The van der Waals surface area contributed by atoms with Crippen LogP contribution in [0.2, 0.25) is 0 Å². The molecule has 0 saturated carbocycles. The molecule has 2 atom stereocenters. The maximum Gasteiger partial charge on any atom is 0.277 e. The van der Waals surface area contributed by atoms with Gasteiger partial charge in [-0.05, 0) is 18.6 Å². The van der Waals surface area contributed by atoms with Gasteiger partial charge in [-0.25, -0.2) is 8.78 Å². The predicted octanol–water partition coefficient (Wildman–Crippen LogP) is 1.62. The second-order valence-electron chi connectivity index (χ2n) is 7.69. The number of carbonyl (C=O) groups is 2. The number of carbonyl (C=O) groups excluding carboxylic acids is 2. The first kappa shape index (κ1) is 19.3. The highest BCUT2D eigenvalue weighted by atomic mass is 19.1. The molecular formula is C21H17F2N3O5. The van der Waals surface area contributed by atoms with Crippen LogP contribution in [0.25, 0.3) is 0 Å². The van der Waals surface area contributed by atoms with Gasteiger partial charge in [-0.1, -0.05) is 6.07 Å². The van der Waals surface area contributed by atoms with Crippen molar-refractivity contribution in [2.75, 3.05) is 0 Å². The number of rotatable bonds is 3. The number of aromatic nitrogens is 1. The number of halogens is 2. The van der Waals surface area contributed by atoms with Crippen molar-refractivity contribution in [3.63, 3.8) is 0 Å². The lowest BCUT2D eigenvalue weighted by Gasteiger charge is -2.43. The Morgan fingerprint density at radius 2 is 2.10 bits per heavy atom. The number of ether oxygens (including phenoxy) is 1. The molecular weight excluding hydrogens is 412 g/mol. The van der Waals surface area contributed by atoms with Gasteiger partial charge >= 0.3 is 0 Å². The van der Waals surface area contributed by atoms with Gasteiger partial charge in [0.1, 0.15) is 17.2 Å². The molecule has 5 rings (SSSR count). The molecule has 1 saturated heterocycles. The van der Waals surface area contributed by atoms with Crippen LogP contribution in [0.4, 0.5) is 8.78 Å². The van der Waals surface area contributed by atoms with E-state index >= 15 is 0 Å². The number of hydrogen-bond donors (Lipinski definition) is 2. The maximum absolute atomic E-state index is 13.8. The summed E-state index contributed by atoms with van der Waals surface area (Å²) in [7, 11) is 0. The number of benzene rings is 1. The van der Waals surface area contributed by atoms with Crippen molar-refractivity contribution in [3.05, 3.63) is 74.9 Å². The second kappa shape index (κ2) is 6.93. The molecule has 10 heteroatoms. The Hall–Kier alpha value is -3.69. The fraction of sp³-hybridized carbons (Fsp3) is 0.286. The van der Waals surface area contributed by atoms with Gasteiger partial charge in [0.25, 0.3) is 11.8 Å². The lowest BCUT2D eigenvalue weighted by atomic mass is 10.1. The van der Waals surface area contributed by atoms with E-state index in [9.17, 15) is 28.3 Å². The van der Waals surface area contributed by atoms with Gasteiger partial charge in [0.05, 0.1) is 12.3 Å². The summed E-state index contributed by atoms with van der Waals surface area (Å²) in [5.41, 5.74) is -1.56. The SMILES string of the molecule is O=C(NCc1ccc(F)cc1F)c1cn2c(c(O)c1=O)C(=O)N1[C@H]3CC=C(C3)O[C@@H]1C2. The summed E-state index contributed by atoms with van der Waals surface area (Å²) in [5.74, 6) is -3.01. The minimum absolute atomic E-state index is 0.0298. The average Bonchev–Trinajstić information content (AvgIpc) is 3.10. The molecule has 2 N–H and O–H groups in total. The first-order chi connectivity index (χ1) is 14.8. The summed E-state index contributed by atoms with van der Waals surface area (Å²) >= 11 is 0. The average molecular weight is 429 g/mol. The highest BCUT2D eigenvalue weighted by molar-refractivity contribution is 5.99. The van der Waals surface area contributed by atoms with Crippen LogP contribution in [0, 0.1) is 11.6 Å². The van der Waals surface area contributed by atoms with Crippen molar-refractivity contribution in [1.29, 1.82) is 0 Å². The van der Waals surface area contributed by atoms with E-state index in [1.165, 1.54) is 21.7 Å². The molecule has 1 aromatic carbocycles. The number of amides is 2. The largest absolute Gasteiger partial charge is 0.503 e. The zero-order valence-electron chi connectivity index (χ0n) is 16.1. The Kier molecular flexibility index (Phi) is 4.31. The van der Waals surface area contributed by atoms with E-state index in [0.717, 1.165) is 11.8 Å². The van der Waals surface area contributed by atoms with Crippen LogP contribution < -0.4 is 10.7 Å². The molecule has 2 aromatic rings. The van der Waals surface area contributed by atoms with Crippen LogP contribution in [0.3, 0.4) is 0 Å². The lowest BCUT2D eigenvalue weighted by molar-refractivity contribution is -0.0723. The summed E-state index contributed by atoms with van der Waals surface area (Å²) in [6.07, 6.45) is 3.74. The van der Waals surface area contributed by atoms with Crippen LogP contribution in [-0.4, -0.2) is 38.7 Å². The second-order valence-corrected chi connectivity index (χ2v) is 7.69. The zero-order valence-corrected chi connectivity index (χ0v) is 16.1. The summed E-state index contributed by atoms with van der Waals surface area (Å²) < 4.78 is 34.0. The first-order valence-electron chi connectivity index (χ1n) is 9.70. The lowest BCUT2D eigenvalue weighted by Crippen LogP contribution is -2.56. The summed E-state index contributed by atoms with van der Waals surface area (Å²) in [5, 5.41) is 12.8. The number of nitrogens with zero attached hydrogens (tertiary/aromatic N) is 2. The topological polar surface area (TPSA) is 101 Å². The van der Waals surface area contributed by atoms with Gasteiger partial charge in [0.15, 0.2) is 17.7 Å². The molecule has 1 aromatic heterocycles. The van der Waals surface area contributed by atoms with Gasteiger partial charge in [-0.3, -0.25) is 19.3 Å². The normalized spacial score (nSPS) is 21.2. The van der Waals surface area contributed by atoms with Gasteiger partial charge in [-0.15, -0.1) is 0 Å². The molecule has 160 valence electrons. The maximum atomic E-state index is 13.8. The third-order valence-electron chi connectivity index (χ3n) is 5.79. The molecule has 0 spiro atoms. The van der Waals surface area contributed by atoms with Gasteiger partial charge in [0.2, 0.25) is 5.43 Å². The van der Waals surface area contributed by atoms with Crippen LogP contribution in [0.5, 0.6) is 5.75 Å². The van der Waals surface area contributed by atoms with Gasteiger partial charge in [0, 0.05) is 36.8 Å². The fourth-order valence-corrected chi connectivity index (χ4v) is 4.27. The third-order valence-corrected chi connectivity index (χ3v) is 5.79. The van der Waals surface area contributed by atoms with E-state index in [0.29, 0.717) is 18.9 Å². The zero-order chi connectivity index (χ0) is 21.9. The van der Waals surface area contributed by atoms with Crippen molar-refractivity contribution in [1.82, 2.24) is 14.8 Å². The van der Waals surface area contributed by atoms with Crippen molar-refractivity contribution in [2.45, 2.75) is 38.2 Å². The van der Waals surface area contributed by atoms with E-state index in [4.69, 9.17) is 4.74 Å². The molecule has 3 heterocycles. The third kappa shape index (κ3) is 3.06. The number of fused-ring (bicyclic) bond motifs is 5. The molecule has 2 aliphatic heterocycles. The van der Waals surface area contributed by atoms with Gasteiger partial charge < -0.3 is 19.7 Å². The fourth-order valence-electron chi connectivity index (χ4n) is 4.27. The molecule has 3 aliphatic rings. The van der Waals surface area contributed by atoms with Crippen LogP contribution in [0.15, 0.2) is 41.0 Å². The van der Waals surface area contributed by atoms with E-state index in [1.54, 1.807) is 0 Å². The Bertz CT molecular complexity index is 1220. The molecule has 0 unspecified atom stereocenters. The quantitative estimate of drug-likeness (QED) is 0.772. The summed E-state index contributed by atoms with van der Waals surface area (Å²) in [4.78, 5) is 39.7. The molecule has 8 nitrogen and oxygen atoms in total. The first-order valence-corrected chi connectivity index (χ1v) is 9.70. The van der Waals surface area contributed by atoms with Crippen LogP contribution >= 0.6 is 0 Å². The van der Waals surface area contributed by atoms with E-state index in [2.05, 4.69) is 5.32 Å². The Balaban J connectivity index is 1.44. The Morgan fingerprint density at radius 3 is 2.87 bits per heavy atom. The number of pyridine rings is 1. The smallest absolute Gasteiger partial charge is 0.277 e. The van der Waals surface area contributed by atoms with Crippen molar-refractivity contribution in [3.8, 4) is 5.75 Å². The number of nitrogens with one attached hydrogen (secondary N) is 1. The minimum Gasteiger partial charge on any atom is -0.503 e. The van der Waals surface area contributed by atoms with Crippen LogP contribution in [0.1, 0.15) is 39.3 Å². The number of hydrogen-bond acceptors (Lipinski definition) is 5. The minimum atomic E-state index is -1.00. The highest BCUT2D eigenvalue weighted by Crippen LogP contribution is 2.37. The molecule has 2 amide bonds. The van der Waals surface area contributed by atoms with Crippen molar-refractivity contribution < 1.29 is 28.2 Å². The summed E-state index contributed by atoms with van der Waals surface area (Å²) in [6, 6.07) is 2.83. The molecule has 31 heavy (non-hydrogen) atoms. The van der Waals surface area contributed by atoms with Crippen molar-refractivity contribution >= 4 is 11.8 Å². The Labute approximate surface area is 174 Å².